The molecule has 7 nitrogen and oxygen atoms in total. The molecular formula is C13H20N4O3. The Morgan fingerprint density at radius 2 is 2.30 bits per heavy atom. The minimum absolute atomic E-state index is 0.244. The van der Waals surface area contributed by atoms with Gasteiger partial charge >= 0.3 is 12.0 Å². The molecular weight excluding hydrogens is 260 g/mol. The van der Waals surface area contributed by atoms with Gasteiger partial charge in [0.2, 0.25) is 0 Å². The van der Waals surface area contributed by atoms with Gasteiger partial charge in [-0.1, -0.05) is 0 Å². The Morgan fingerprint density at radius 1 is 1.55 bits per heavy atom. The zero-order valence-electron chi connectivity index (χ0n) is 11.6. The minimum atomic E-state index is -0.981. The van der Waals surface area contributed by atoms with Crippen molar-refractivity contribution in [2.45, 2.75) is 19.3 Å². The molecule has 0 aliphatic heterocycles. The van der Waals surface area contributed by atoms with E-state index in [1.165, 1.54) is 4.90 Å². The molecule has 1 aromatic rings. The molecule has 2 rings (SSSR count). The Balaban J connectivity index is 1.76. The van der Waals surface area contributed by atoms with E-state index in [0.29, 0.717) is 25.4 Å². The van der Waals surface area contributed by atoms with Crippen LogP contribution < -0.4 is 5.32 Å². The second-order valence-electron chi connectivity index (χ2n) is 5.18. The number of carbonyl (C=O) groups is 2. The van der Waals surface area contributed by atoms with Crippen molar-refractivity contribution in [3.8, 4) is 0 Å². The van der Waals surface area contributed by atoms with Crippen molar-refractivity contribution < 1.29 is 14.7 Å². The maximum atomic E-state index is 12.0. The van der Waals surface area contributed by atoms with Crippen LogP contribution in [0.4, 0.5) is 4.79 Å². The number of hydrogen-bond donors (Lipinski definition) is 2. The summed E-state index contributed by atoms with van der Waals surface area (Å²) < 4.78 is 1.71. The van der Waals surface area contributed by atoms with Gasteiger partial charge in [-0.15, -0.1) is 0 Å². The number of carbonyl (C=O) groups excluding carboxylic acids is 1. The van der Waals surface area contributed by atoms with Crippen LogP contribution in [0, 0.1) is 5.92 Å². The Bertz CT molecular complexity index is 482. The predicted octanol–water partition coefficient (Wildman–Crippen LogP) is 0.469. The van der Waals surface area contributed by atoms with Crippen LogP contribution in [0.5, 0.6) is 0 Å². The van der Waals surface area contributed by atoms with Crippen molar-refractivity contribution in [1.29, 1.82) is 0 Å². The molecule has 0 bridgehead atoms. The highest BCUT2D eigenvalue weighted by atomic mass is 16.4. The first-order valence-electron chi connectivity index (χ1n) is 6.77. The molecule has 1 fully saturated rings. The average molecular weight is 280 g/mol. The van der Waals surface area contributed by atoms with Crippen molar-refractivity contribution in [2.24, 2.45) is 13.0 Å². The molecule has 0 spiro atoms. The van der Waals surface area contributed by atoms with Crippen molar-refractivity contribution in [2.75, 3.05) is 19.6 Å². The van der Waals surface area contributed by atoms with Crippen LogP contribution >= 0.6 is 0 Å². The number of carboxylic acid groups (broad SMARTS) is 1. The molecule has 20 heavy (non-hydrogen) atoms. The number of hydrogen-bond acceptors (Lipinski definition) is 3. The summed E-state index contributed by atoms with van der Waals surface area (Å²) in [5, 5.41) is 15.8. The first kappa shape index (κ1) is 14.4. The van der Waals surface area contributed by atoms with E-state index in [0.717, 1.165) is 18.5 Å². The molecule has 110 valence electrons. The van der Waals surface area contributed by atoms with Gasteiger partial charge in [0.15, 0.2) is 0 Å². The van der Waals surface area contributed by atoms with Crippen LogP contribution in [-0.2, 0) is 18.3 Å². The zero-order chi connectivity index (χ0) is 14.5. The van der Waals surface area contributed by atoms with Gasteiger partial charge in [-0.2, -0.15) is 5.10 Å². The number of aromatic nitrogens is 2. The third-order valence-electron chi connectivity index (χ3n) is 3.22. The maximum Gasteiger partial charge on any atom is 0.323 e. The van der Waals surface area contributed by atoms with E-state index in [2.05, 4.69) is 10.4 Å². The Hall–Kier alpha value is -2.05. The lowest BCUT2D eigenvalue weighted by Gasteiger charge is -2.20. The highest BCUT2D eigenvalue weighted by Gasteiger charge is 2.27. The Morgan fingerprint density at radius 3 is 2.85 bits per heavy atom. The molecule has 2 N–H and O–H groups in total. The molecule has 7 heteroatoms. The third kappa shape index (κ3) is 4.56. The second kappa shape index (κ2) is 6.40. The van der Waals surface area contributed by atoms with Crippen LogP contribution in [0.15, 0.2) is 12.3 Å². The predicted molar refractivity (Wildman–Crippen MR) is 72.2 cm³/mol. The molecule has 0 radical (unpaired) electrons. The lowest BCUT2D eigenvalue weighted by atomic mass is 10.3. The smallest absolute Gasteiger partial charge is 0.323 e. The molecule has 2 amide bonds. The largest absolute Gasteiger partial charge is 0.480 e. The number of nitrogens with one attached hydrogen (secondary N) is 1. The van der Waals surface area contributed by atoms with E-state index in [1.54, 1.807) is 4.68 Å². The van der Waals surface area contributed by atoms with Gasteiger partial charge < -0.3 is 15.3 Å². The summed E-state index contributed by atoms with van der Waals surface area (Å²) in [7, 11) is 1.84. The number of urea groups is 1. The fourth-order valence-corrected chi connectivity index (χ4v) is 2.00. The van der Waals surface area contributed by atoms with Crippen LogP contribution in [0.1, 0.15) is 18.5 Å². The summed E-state index contributed by atoms with van der Waals surface area (Å²) >= 11 is 0. The van der Waals surface area contributed by atoms with Gasteiger partial charge in [-0.3, -0.25) is 9.48 Å². The summed E-state index contributed by atoms with van der Waals surface area (Å²) in [6, 6.07) is 1.58. The number of amides is 2. The Kier molecular flexibility index (Phi) is 4.60. The molecule has 0 saturated heterocycles. The van der Waals surface area contributed by atoms with Crippen LogP contribution in [-0.4, -0.2) is 51.4 Å². The van der Waals surface area contributed by atoms with Gasteiger partial charge in [0.25, 0.3) is 0 Å². The highest BCUT2D eigenvalue weighted by molar-refractivity contribution is 5.80. The first-order chi connectivity index (χ1) is 9.54. The minimum Gasteiger partial charge on any atom is -0.480 e. The van der Waals surface area contributed by atoms with Crippen molar-refractivity contribution in [3.05, 3.63) is 18.0 Å². The Labute approximate surface area is 117 Å². The normalized spacial score (nSPS) is 14.1. The van der Waals surface area contributed by atoms with Gasteiger partial charge in [0.1, 0.15) is 6.54 Å². The number of aryl methyl sites for hydroxylation is 1. The van der Waals surface area contributed by atoms with Crippen molar-refractivity contribution >= 4 is 12.0 Å². The molecule has 1 aromatic heterocycles. The summed E-state index contributed by atoms with van der Waals surface area (Å²) in [6.07, 6.45) is 4.65. The molecule has 0 unspecified atom stereocenters. The fourth-order valence-electron chi connectivity index (χ4n) is 2.00. The van der Waals surface area contributed by atoms with Crippen LogP contribution in [0.3, 0.4) is 0 Å². The van der Waals surface area contributed by atoms with Crippen LogP contribution in [0.2, 0.25) is 0 Å². The van der Waals surface area contributed by atoms with Crippen LogP contribution in [0.25, 0.3) is 0 Å². The summed E-state index contributed by atoms with van der Waals surface area (Å²) in [5.74, 6) is -0.513. The average Bonchev–Trinajstić information content (AvgIpc) is 3.09. The molecule has 1 heterocycles. The monoisotopic (exact) mass is 280 g/mol. The zero-order valence-corrected chi connectivity index (χ0v) is 11.6. The molecule has 0 aromatic carbocycles. The van der Waals surface area contributed by atoms with E-state index >= 15 is 0 Å². The first-order valence-corrected chi connectivity index (χ1v) is 6.77. The lowest BCUT2D eigenvalue weighted by molar-refractivity contribution is -0.137. The van der Waals surface area contributed by atoms with Crippen molar-refractivity contribution in [1.82, 2.24) is 20.0 Å². The summed E-state index contributed by atoms with van der Waals surface area (Å²) in [4.78, 5) is 24.1. The van der Waals surface area contributed by atoms with Gasteiger partial charge in [0, 0.05) is 32.8 Å². The number of nitrogens with zero attached hydrogens (tertiary/aromatic N) is 3. The molecule has 0 atom stereocenters. The number of rotatable bonds is 7. The molecule has 1 aliphatic carbocycles. The number of aliphatic carboxylic acids is 1. The quantitative estimate of drug-likeness (QED) is 0.760. The van der Waals surface area contributed by atoms with E-state index in [9.17, 15) is 9.59 Å². The SMILES string of the molecule is Cn1ccc(CCNC(=O)N(CC(=O)O)CC2CC2)n1. The van der Waals surface area contributed by atoms with Gasteiger partial charge in [0.05, 0.1) is 5.69 Å². The van der Waals surface area contributed by atoms with E-state index < -0.39 is 5.97 Å². The van der Waals surface area contributed by atoms with Gasteiger partial charge in [-0.25, -0.2) is 4.79 Å². The molecule has 1 aliphatic rings. The topological polar surface area (TPSA) is 87.5 Å². The highest BCUT2D eigenvalue weighted by Crippen LogP contribution is 2.29. The van der Waals surface area contributed by atoms with E-state index in [-0.39, 0.29) is 12.6 Å². The fraction of sp³-hybridized carbons (Fsp3) is 0.615. The summed E-state index contributed by atoms with van der Waals surface area (Å²) in [6.45, 7) is 0.740. The van der Waals surface area contributed by atoms with Crippen molar-refractivity contribution in [3.63, 3.8) is 0 Å². The maximum absolute atomic E-state index is 12.0. The lowest BCUT2D eigenvalue weighted by Crippen LogP contribution is -2.44. The molecule has 1 saturated carbocycles. The number of carboxylic acids is 1. The van der Waals surface area contributed by atoms with Gasteiger partial charge in [-0.05, 0) is 24.8 Å². The van der Waals surface area contributed by atoms with E-state index in [1.807, 2.05) is 19.3 Å². The standard InChI is InChI=1S/C13H20N4O3/c1-16-7-5-11(15-16)4-6-14-13(20)17(9-12(18)19)8-10-2-3-10/h5,7,10H,2-4,6,8-9H2,1H3,(H,14,20)(H,18,19). The second-order valence-corrected chi connectivity index (χ2v) is 5.18. The summed E-state index contributed by atoms with van der Waals surface area (Å²) in [5.41, 5.74) is 0.903. The third-order valence-corrected chi connectivity index (χ3v) is 3.22. The van der Waals surface area contributed by atoms with E-state index in [4.69, 9.17) is 5.11 Å².